The Bertz CT molecular complexity index is 2280. The monoisotopic (exact) mass is 812 g/mol. The van der Waals surface area contributed by atoms with Gasteiger partial charge in [-0.05, 0) is 110 Å². The molecule has 0 unspecified atom stereocenters. The van der Waals surface area contributed by atoms with E-state index < -0.39 is 23.4 Å². The van der Waals surface area contributed by atoms with Crippen molar-refractivity contribution in [3.05, 3.63) is 119 Å². The summed E-state index contributed by atoms with van der Waals surface area (Å²) in [6.07, 6.45) is 4.08. The second kappa shape index (κ2) is 18.5. The third-order valence-corrected chi connectivity index (χ3v) is 12.4. The molecule has 7 rings (SSSR count). The van der Waals surface area contributed by atoms with Crippen LogP contribution in [0, 0.1) is 0 Å². The number of aromatic hydroxyl groups is 1. The molecule has 1 aliphatic rings. The third kappa shape index (κ3) is 8.80. The Kier molecular flexibility index (Phi) is 14.0. The number of phenolic OH excluding ortho intramolecular Hbond substituents is 1. The largest absolute Gasteiger partial charge is 0.506 e. The minimum absolute atomic E-state index is 0. The first-order valence-electron chi connectivity index (χ1n) is 18.2. The van der Waals surface area contributed by atoms with Gasteiger partial charge in [-0.1, -0.05) is 24.3 Å². The number of rotatable bonds is 16. The summed E-state index contributed by atoms with van der Waals surface area (Å²) in [5.41, 5.74) is 1.18. The molecule has 4 heterocycles. The number of aromatic amines is 1. The van der Waals surface area contributed by atoms with Gasteiger partial charge in [0.1, 0.15) is 5.75 Å². The molecule has 1 fully saturated rings. The number of aliphatic hydroxyl groups excluding tert-OH is 1. The second-order valence-electron chi connectivity index (χ2n) is 13.9. The fraction of sp³-hybridized carbons (Fsp3) is 0.375. The molecule has 0 spiro atoms. The van der Waals surface area contributed by atoms with E-state index >= 15 is 0 Å². The quantitative estimate of drug-likeness (QED) is 0.0684. The molecule has 1 atom stereocenters. The van der Waals surface area contributed by atoms with Crippen molar-refractivity contribution in [1.82, 2.24) is 19.8 Å². The summed E-state index contributed by atoms with van der Waals surface area (Å²) in [6, 6.07) is 19.5. The third-order valence-electron chi connectivity index (χ3n) is 10.5. The van der Waals surface area contributed by atoms with Gasteiger partial charge in [-0.2, -0.15) is 0 Å². The number of carboxylic acids is 1. The Morgan fingerprint density at radius 2 is 1.73 bits per heavy atom. The molecule has 300 valence electrons. The van der Waals surface area contributed by atoms with E-state index in [1.165, 1.54) is 34.8 Å². The van der Waals surface area contributed by atoms with Crippen molar-refractivity contribution in [2.45, 2.75) is 75.5 Å². The van der Waals surface area contributed by atoms with Crippen molar-refractivity contribution in [1.29, 1.82) is 0 Å². The maximum atomic E-state index is 12.8. The lowest BCUT2D eigenvalue weighted by Gasteiger charge is -2.38. The lowest BCUT2D eigenvalue weighted by Crippen LogP contribution is -2.44. The van der Waals surface area contributed by atoms with Crippen LogP contribution in [0.3, 0.4) is 0 Å². The molecule has 1 aliphatic carbocycles. The summed E-state index contributed by atoms with van der Waals surface area (Å²) in [5.74, 6) is -1.44. The number of benzene rings is 2. The first kappa shape index (κ1) is 42.4. The van der Waals surface area contributed by atoms with E-state index in [-0.39, 0.29) is 38.9 Å². The molecule has 6 aromatic rings. The SMILES string of the molecule is CN(CCCCn1c(=O)oc2cc(CNC[C@H](O)c3ccc(O)c4[nH]c(=O)ccc34)ccc21)C1CCC(OC(C(=O)O)(c2cccs2)c2cccs2)CC1.F.F. The molecule has 16 heteroatoms. The minimum Gasteiger partial charge on any atom is -0.506 e. The summed E-state index contributed by atoms with van der Waals surface area (Å²) < 4.78 is 13.8. The molecule has 4 aromatic heterocycles. The van der Waals surface area contributed by atoms with Crippen LogP contribution in [-0.4, -0.2) is 68.0 Å². The number of pyridine rings is 1. The number of nitrogens with zero attached hydrogens (tertiary/aromatic N) is 2. The molecule has 0 amide bonds. The number of fused-ring (bicyclic) bond motifs is 2. The van der Waals surface area contributed by atoms with Gasteiger partial charge in [0.05, 0.1) is 33.0 Å². The Morgan fingerprint density at radius 3 is 2.39 bits per heavy atom. The van der Waals surface area contributed by atoms with E-state index in [0.29, 0.717) is 45.4 Å². The van der Waals surface area contributed by atoms with Gasteiger partial charge >= 0.3 is 11.7 Å². The zero-order chi connectivity index (χ0) is 37.8. The molecular weight excluding hydrogens is 767 g/mol. The van der Waals surface area contributed by atoms with E-state index in [0.717, 1.165) is 56.1 Å². The van der Waals surface area contributed by atoms with Gasteiger partial charge in [0, 0.05) is 37.1 Å². The molecule has 1 saturated carbocycles. The lowest BCUT2D eigenvalue weighted by molar-refractivity contribution is -0.170. The van der Waals surface area contributed by atoms with Gasteiger partial charge in [0.25, 0.3) is 0 Å². The van der Waals surface area contributed by atoms with Crippen LogP contribution >= 0.6 is 22.7 Å². The highest BCUT2D eigenvalue weighted by atomic mass is 32.1. The van der Waals surface area contributed by atoms with E-state index in [2.05, 4.69) is 22.2 Å². The number of aryl methyl sites for hydroxylation is 1. The Hall–Kier alpha value is -4.71. The number of halogens is 2. The van der Waals surface area contributed by atoms with Crippen molar-refractivity contribution in [2.24, 2.45) is 0 Å². The molecule has 0 radical (unpaired) electrons. The summed E-state index contributed by atoms with van der Waals surface area (Å²) in [6.45, 7) is 2.07. The van der Waals surface area contributed by atoms with Crippen LogP contribution in [0.25, 0.3) is 22.0 Å². The zero-order valence-electron chi connectivity index (χ0n) is 30.7. The highest BCUT2D eigenvalue weighted by Crippen LogP contribution is 2.42. The van der Waals surface area contributed by atoms with Gasteiger partial charge in [0.2, 0.25) is 11.2 Å². The smallest absolute Gasteiger partial charge is 0.419 e. The van der Waals surface area contributed by atoms with Gasteiger partial charge in [-0.15, -0.1) is 22.7 Å². The number of unbranched alkanes of at least 4 members (excludes halogenated alkanes) is 1. The summed E-state index contributed by atoms with van der Waals surface area (Å²) in [7, 11) is 2.13. The minimum atomic E-state index is -1.49. The summed E-state index contributed by atoms with van der Waals surface area (Å²) >= 11 is 2.82. The molecule has 0 saturated heterocycles. The van der Waals surface area contributed by atoms with E-state index in [1.807, 2.05) is 53.2 Å². The molecule has 12 nitrogen and oxygen atoms in total. The van der Waals surface area contributed by atoms with Crippen molar-refractivity contribution in [3.8, 4) is 5.75 Å². The van der Waals surface area contributed by atoms with Crippen LogP contribution in [0.2, 0.25) is 0 Å². The maximum absolute atomic E-state index is 12.8. The highest BCUT2D eigenvalue weighted by Gasteiger charge is 2.48. The first-order chi connectivity index (χ1) is 26.1. The average Bonchev–Trinajstić information content (AvgIpc) is 3.96. The predicted octanol–water partition coefficient (Wildman–Crippen LogP) is 6.46. The van der Waals surface area contributed by atoms with Crippen LogP contribution in [0.1, 0.15) is 65.5 Å². The standard InChI is InChI=1S/C40H44N4O8S2.2FH/c1-43(26-9-11-27(12-10-26)52-40(38(48)49,34-6-4-20-53-34)35-7-5-21-54-35)18-2-3-19-44-30-15-8-25(22-33(30)51-39(44)50)23-41-24-32(46)28-13-16-31(45)37-29(28)14-17-36(47)42-37;;/h4-8,13-17,20-22,26-27,32,41,45-46H,2-3,9-12,18-19,23-24H2,1H3,(H,42,47)(H,48,49);2*1H/t26?,27?,32-;;/m0../s1. The van der Waals surface area contributed by atoms with Crippen molar-refractivity contribution >= 4 is 50.6 Å². The summed E-state index contributed by atoms with van der Waals surface area (Å²) in [5, 5.41) is 39.1. The molecule has 5 N–H and O–H groups in total. The van der Waals surface area contributed by atoms with Gasteiger partial charge in [-0.3, -0.25) is 18.8 Å². The number of carboxylic acid groups (broad SMARTS) is 1. The number of aliphatic hydroxyl groups is 1. The molecule has 2 aromatic carbocycles. The van der Waals surface area contributed by atoms with E-state index in [1.54, 1.807) is 16.7 Å². The molecule has 0 aliphatic heterocycles. The predicted molar refractivity (Wildman–Crippen MR) is 214 cm³/mol. The molecule has 0 bridgehead atoms. The number of thiophene rings is 2. The molecular formula is C40H46F2N4O8S2. The number of H-pyrrole nitrogens is 1. The fourth-order valence-electron chi connectivity index (χ4n) is 7.57. The number of nitrogens with one attached hydrogen (secondary N) is 2. The maximum Gasteiger partial charge on any atom is 0.419 e. The first-order valence-corrected chi connectivity index (χ1v) is 20.0. The Morgan fingerprint density at radius 1 is 1.02 bits per heavy atom. The number of ether oxygens (including phenoxy) is 1. The number of hydrogen-bond donors (Lipinski definition) is 5. The van der Waals surface area contributed by atoms with Crippen molar-refractivity contribution in [2.75, 3.05) is 20.1 Å². The Labute approximate surface area is 328 Å². The van der Waals surface area contributed by atoms with Crippen LogP contribution in [0.5, 0.6) is 5.75 Å². The van der Waals surface area contributed by atoms with Crippen LogP contribution in [0.4, 0.5) is 9.41 Å². The second-order valence-corrected chi connectivity index (χ2v) is 15.8. The van der Waals surface area contributed by atoms with E-state index in [9.17, 15) is 29.7 Å². The van der Waals surface area contributed by atoms with E-state index in [4.69, 9.17) is 9.15 Å². The fourth-order valence-corrected chi connectivity index (χ4v) is 9.38. The highest BCUT2D eigenvalue weighted by molar-refractivity contribution is 7.12. The number of aliphatic carboxylic acids is 1. The van der Waals surface area contributed by atoms with Crippen LogP contribution in [-0.2, 0) is 28.2 Å². The van der Waals surface area contributed by atoms with Gasteiger partial charge in [0.15, 0.2) is 5.58 Å². The number of aromatic nitrogens is 2. The van der Waals surface area contributed by atoms with Crippen LogP contribution < -0.4 is 16.6 Å². The lowest BCUT2D eigenvalue weighted by atomic mass is 9.90. The number of phenols is 1. The van der Waals surface area contributed by atoms with Gasteiger partial charge in [-0.25, -0.2) is 9.59 Å². The average molecular weight is 813 g/mol. The van der Waals surface area contributed by atoms with Gasteiger partial charge < -0.3 is 39.7 Å². The van der Waals surface area contributed by atoms with Crippen molar-refractivity contribution in [3.63, 3.8) is 0 Å². The number of carbonyl (C=O) groups is 1. The molecule has 56 heavy (non-hydrogen) atoms. The topological polar surface area (TPSA) is 170 Å². The van der Waals surface area contributed by atoms with Crippen LogP contribution in [0.15, 0.2) is 91.5 Å². The summed E-state index contributed by atoms with van der Waals surface area (Å²) in [4.78, 5) is 43.7. The normalized spacial score (nSPS) is 16.5. The number of oxazole rings is 1. The van der Waals surface area contributed by atoms with Crippen molar-refractivity contribution < 1.29 is 38.7 Å². The zero-order valence-corrected chi connectivity index (χ0v) is 32.4. The number of hydrogen-bond acceptors (Lipinski definition) is 11. The Balaban J connectivity index is 0.00000300.